The quantitative estimate of drug-likeness (QED) is 0.636. The predicted octanol–water partition coefficient (Wildman–Crippen LogP) is 3.50. The summed E-state index contributed by atoms with van der Waals surface area (Å²) in [6.07, 6.45) is 0. The summed E-state index contributed by atoms with van der Waals surface area (Å²) in [5, 5.41) is 0.532. The summed E-state index contributed by atoms with van der Waals surface area (Å²) in [6, 6.07) is 13.3. The van der Waals surface area contributed by atoms with Gasteiger partial charge in [0, 0.05) is 13.1 Å². The molecule has 148 valence electrons. The topological polar surface area (TPSA) is 72.3 Å². The highest BCUT2D eigenvalue weighted by Crippen LogP contribution is 2.27. The van der Waals surface area contributed by atoms with E-state index in [0.717, 1.165) is 5.56 Å². The fourth-order valence-corrected chi connectivity index (χ4v) is 5.04. The van der Waals surface area contributed by atoms with Gasteiger partial charge in [0.15, 0.2) is 0 Å². The second-order valence-corrected chi connectivity index (χ2v) is 8.62. The van der Waals surface area contributed by atoms with Gasteiger partial charge >= 0.3 is 0 Å². The van der Waals surface area contributed by atoms with E-state index in [1.165, 1.54) is 4.31 Å². The van der Waals surface area contributed by atoms with Crippen LogP contribution in [0.1, 0.15) is 38.2 Å². The lowest BCUT2D eigenvalue weighted by atomic mass is 10.2. The minimum Gasteiger partial charge on any atom is -0.295 e. The van der Waals surface area contributed by atoms with Gasteiger partial charge in [-0.1, -0.05) is 36.8 Å². The first kappa shape index (κ1) is 20.2. The van der Waals surface area contributed by atoms with Crippen molar-refractivity contribution in [1.82, 2.24) is 13.9 Å². The van der Waals surface area contributed by atoms with Gasteiger partial charge in [0.1, 0.15) is 5.82 Å². The molecular formula is C21H25N3O3S. The number of fused-ring (bicyclic) bond motifs is 1. The molecule has 0 saturated carbocycles. The maximum absolute atomic E-state index is 13.2. The highest BCUT2D eigenvalue weighted by Gasteiger charge is 2.31. The fraction of sp³-hybridized carbons (Fsp3) is 0.333. The Morgan fingerprint density at radius 3 is 2.32 bits per heavy atom. The Balaban J connectivity index is 2.15. The van der Waals surface area contributed by atoms with Crippen molar-refractivity contribution in [1.29, 1.82) is 0 Å². The van der Waals surface area contributed by atoms with Gasteiger partial charge < -0.3 is 0 Å². The minimum atomic E-state index is -3.73. The molecule has 1 unspecified atom stereocenters. The molecule has 7 heteroatoms. The summed E-state index contributed by atoms with van der Waals surface area (Å²) >= 11 is 0. The van der Waals surface area contributed by atoms with E-state index in [0.29, 0.717) is 23.3 Å². The maximum atomic E-state index is 13.2. The molecular weight excluding hydrogens is 374 g/mol. The van der Waals surface area contributed by atoms with E-state index >= 15 is 0 Å². The first-order valence-electron chi connectivity index (χ1n) is 9.39. The average Bonchev–Trinajstić information content (AvgIpc) is 2.68. The summed E-state index contributed by atoms with van der Waals surface area (Å²) < 4.78 is 29.4. The molecule has 0 spiro atoms. The van der Waals surface area contributed by atoms with Gasteiger partial charge in [-0.25, -0.2) is 13.4 Å². The Hall–Kier alpha value is -2.51. The van der Waals surface area contributed by atoms with Gasteiger partial charge in [-0.05, 0) is 45.0 Å². The molecule has 0 aliphatic carbocycles. The molecule has 28 heavy (non-hydrogen) atoms. The second-order valence-electron chi connectivity index (χ2n) is 6.73. The number of rotatable bonds is 6. The van der Waals surface area contributed by atoms with Gasteiger partial charge in [0.05, 0.1) is 21.8 Å². The molecule has 0 fully saturated rings. The standard InChI is InChI=1S/C21H25N3O3S/c1-5-23-20(22-19-10-8-7-9-18(19)21(23)25)16(4)24(6-2)28(26,27)17-13-11-15(3)12-14-17/h7-14,16H,5-6H2,1-4H3. The third-order valence-electron chi connectivity index (χ3n) is 4.95. The molecule has 3 aromatic rings. The van der Waals surface area contributed by atoms with Crippen molar-refractivity contribution in [2.24, 2.45) is 0 Å². The largest absolute Gasteiger partial charge is 0.295 e. The van der Waals surface area contributed by atoms with Crippen LogP contribution in [0.5, 0.6) is 0 Å². The Bertz CT molecular complexity index is 1150. The molecule has 6 nitrogen and oxygen atoms in total. The number of aromatic nitrogens is 2. The van der Waals surface area contributed by atoms with Crippen LogP contribution >= 0.6 is 0 Å². The first-order valence-corrected chi connectivity index (χ1v) is 10.8. The lowest BCUT2D eigenvalue weighted by molar-refractivity contribution is 0.334. The second kappa shape index (κ2) is 7.85. The van der Waals surface area contributed by atoms with Crippen LogP contribution in [0.3, 0.4) is 0 Å². The normalized spacial score (nSPS) is 13.2. The summed E-state index contributed by atoms with van der Waals surface area (Å²) in [5.74, 6) is 0.448. The minimum absolute atomic E-state index is 0.154. The third kappa shape index (κ3) is 3.47. The zero-order chi connectivity index (χ0) is 20.5. The number of aryl methyl sites for hydroxylation is 1. The smallest absolute Gasteiger partial charge is 0.261 e. The Morgan fingerprint density at radius 2 is 1.71 bits per heavy atom. The molecule has 1 atom stereocenters. The van der Waals surface area contributed by atoms with E-state index in [2.05, 4.69) is 4.98 Å². The molecule has 0 aliphatic rings. The van der Waals surface area contributed by atoms with Crippen LogP contribution in [-0.4, -0.2) is 28.8 Å². The van der Waals surface area contributed by atoms with E-state index in [1.807, 2.05) is 19.9 Å². The summed E-state index contributed by atoms with van der Waals surface area (Å²) in [7, 11) is -3.73. The lowest BCUT2D eigenvalue weighted by Crippen LogP contribution is -2.37. The van der Waals surface area contributed by atoms with Crippen LogP contribution in [0.25, 0.3) is 10.9 Å². The van der Waals surface area contributed by atoms with Gasteiger partial charge in [0.25, 0.3) is 5.56 Å². The number of sulfonamides is 1. The predicted molar refractivity (Wildman–Crippen MR) is 111 cm³/mol. The molecule has 0 saturated heterocycles. The lowest BCUT2D eigenvalue weighted by Gasteiger charge is -2.28. The van der Waals surface area contributed by atoms with Gasteiger partial charge in [-0.15, -0.1) is 0 Å². The van der Waals surface area contributed by atoms with Crippen LogP contribution < -0.4 is 5.56 Å². The monoisotopic (exact) mass is 399 g/mol. The zero-order valence-electron chi connectivity index (χ0n) is 16.6. The Labute approximate surface area is 165 Å². The Morgan fingerprint density at radius 1 is 1.07 bits per heavy atom. The van der Waals surface area contributed by atoms with Crippen molar-refractivity contribution in [3.8, 4) is 0 Å². The van der Waals surface area contributed by atoms with Crippen molar-refractivity contribution in [3.05, 3.63) is 70.3 Å². The van der Waals surface area contributed by atoms with Crippen molar-refractivity contribution in [2.75, 3.05) is 6.54 Å². The number of nitrogens with zero attached hydrogens (tertiary/aromatic N) is 3. The van der Waals surface area contributed by atoms with Gasteiger partial charge in [-0.3, -0.25) is 9.36 Å². The van der Waals surface area contributed by atoms with E-state index in [9.17, 15) is 13.2 Å². The van der Waals surface area contributed by atoms with E-state index in [-0.39, 0.29) is 17.0 Å². The van der Waals surface area contributed by atoms with Crippen LogP contribution in [0.2, 0.25) is 0 Å². The average molecular weight is 400 g/mol. The summed E-state index contributed by atoms with van der Waals surface area (Å²) in [6.45, 7) is 8.02. The van der Waals surface area contributed by atoms with Gasteiger partial charge in [0.2, 0.25) is 10.0 Å². The van der Waals surface area contributed by atoms with E-state index in [1.54, 1.807) is 60.9 Å². The molecule has 1 aromatic heterocycles. The molecule has 3 rings (SSSR count). The zero-order valence-corrected chi connectivity index (χ0v) is 17.4. The van der Waals surface area contributed by atoms with Crippen LogP contribution in [0.4, 0.5) is 0 Å². The molecule has 1 heterocycles. The molecule has 2 aromatic carbocycles. The Kier molecular flexibility index (Phi) is 5.67. The molecule has 0 aliphatic heterocycles. The van der Waals surface area contributed by atoms with E-state index in [4.69, 9.17) is 0 Å². The third-order valence-corrected chi connectivity index (χ3v) is 7.01. The molecule has 0 amide bonds. The van der Waals surface area contributed by atoms with Crippen molar-refractivity contribution in [3.63, 3.8) is 0 Å². The number of hydrogen-bond acceptors (Lipinski definition) is 4. The molecule has 0 N–H and O–H groups in total. The fourth-order valence-electron chi connectivity index (χ4n) is 3.44. The number of hydrogen-bond donors (Lipinski definition) is 0. The van der Waals surface area contributed by atoms with Crippen LogP contribution in [0, 0.1) is 6.92 Å². The highest BCUT2D eigenvalue weighted by molar-refractivity contribution is 7.89. The van der Waals surface area contributed by atoms with Crippen molar-refractivity contribution in [2.45, 2.75) is 45.2 Å². The summed E-state index contributed by atoms with van der Waals surface area (Å²) in [4.78, 5) is 17.8. The van der Waals surface area contributed by atoms with Crippen LogP contribution in [-0.2, 0) is 16.6 Å². The SMILES string of the molecule is CCN(C(C)c1nc2ccccc2c(=O)n1CC)S(=O)(=O)c1ccc(C)cc1. The van der Waals surface area contributed by atoms with Gasteiger partial charge in [-0.2, -0.15) is 4.31 Å². The van der Waals surface area contributed by atoms with Crippen LogP contribution in [0.15, 0.2) is 58.2 Å². The molecule has 0 radical (unpaired) electrons. The molecule has 0 bridgehead atoms. The van der Waals surface area contributed by atoms with Crippen molar-refractivity contribution >= 4 is 20.9 Å². The van der Waals surface area contributed by atoms with E-state index < -0.39 is 16.1 Å². The number of benzene rings is 2. The maximum Gasteiger partial charge on any atom is 0.261 e. The highest BCUT2D eigenvalue weighted by atomic mass is 32.2. The first-order chi connectivity index (χ1) is 13.3. The number of para-hydroxylation sites is 1. The summed E-state index contributed by atoms with van der Waals surface area (Å²) in [5.41, 5.74) is 1.41. The van der Waals surface area contributed by atoms with Crippen molar-refractivity contribution < 1.29 is 8.42 Å².